The highest BCUT2D eigenvalue weighted by Gasteiger charge is 2.62. The van der Waals surface area contributed by atoms with Gasteiger partial charge in [-0.05, 0) is 110 Å². The van der Waals surface area contributed by atoms with Crippen LogP contribution in [0, 0.1) is 52.3 Å². The molecule has 4 saturated carbocycles. The van der Waals surface area contributed by atoms with Gasteiger partial charge >= 0.3 is 0 Å². The fraction of sp³-hybridized carbons (Fsp3) is 1.00. The molecule has 5 fully saturated rings. The van der Waals surface area contributed by atoms with E-state index in [4.69, 9.17) is 0 Å². The van der Waals surface area contributed by atoms with Gasteiger partial charge in [0.2, 0.25) is 0 Å². The Bertz CT molecular complexity index is 637. The topological polar surface area (TPSA) is 0 Å². The summed E-state index contributed by atoms with van der Waals surface area (Å²) >= 11 is 4.68. The van der Waals surface area contributed by atoms with Crippen LogP contribution in [-0.2, 0) is 0 Å². The molecule has 4 aliphatic carbocycles. The normalized spacial score (nSPS) is 47.2. The standard InChI is InChI=1S/C29H50S2/c1-20(2)7-6-8-21(3)24-11-12-25-23-10-9-22-19-29(30-17-18-31-29)16-15-27(22,4)26(23)13-14-28(24,25)5/h20-26H,6-19H2,1-5H3. The number of thioether (sulfide) groups is 2. The third-order valence-electron chi connectivity index (χ3n) is 11.7. The molecule has 1 heterocycles. The molecule has 2 heteroatoms. The minimum absolute atomic E-state index is 0.629. The highest BCUT2D eigenvalue weighted by Crippen LogP contribution is 2.70. The van der Waals surface area contributed by atoms with Crippen LogP contribution < -0.4 is 0 Å². The molecule has 0 radical (unpaired) electrons. The summed E-state index contributed by atoms with van der Waals surface area (Å²) in [5.41, 5.74) is 1.33. The Balaban J connectivity index is 1.28. The van der Waals surface area contributed by atoms with Crippen molar-refractivity contribution >= 4 is 23.5 Å². The second-order valence-corrected chi connectivity index (χ2v) is 16.7. The number of hydrogen-bond acceptors (Lipinski definition) is 2. The monoisotopic (exact) mass is 462 g/mol. The number of hydrogen-bond donors (Lipinski definition) is 0. The van der Waals surface area contributed by atoms with E-state index >= 15 is 0 Å². The van der Waals surface area contributed by atoms with Gasteiger partial charge < -0.3 is 0 Å². The Morgan fingerprint density at radius 1 is 0.774 bits per heavy atom. The summed E-state index contributed by atoms with van der Waals surface area (Å²) in [6, 6.07) is 0. The molecule has 5 aliphatic rings. The Morgan fingerprint density at radius 2 is 1.52 bits per heavy atom. The first-order chi connectivity index (χ1) is 14.8. The molecular formula is C29H50S2. The Labute approximate surface area is 202 Å². The largest absolute Gasteiger partial charge is 0.143 e. The summed E-state index contributed by atoms with van der Waals surface area (Å²) in [6.07, 6.45) is 18.3. The molecule has 0 N–H and O–H groups in total. The molecule has 0 bridgehead atoms. The maximum atomic E-state index is 2.77. The Hall–Kier alpha value is 0.700. The average Bonchev–Trinajstić information content (AvgIpc) is 3.32. The van der Waals surface area contributed by atoms with Gasteiger partial charge in [-0.25, -0.2) is 0 Å². The van der Waals surface area contributed by atoms with Crippen molar-refractivity contribution < 1.29 is 0 Å². The molecule has 0 aromatic heterocycles. The van der Waals surface area contributed by atoms with Gasteiger partial charge in [0.05, 0.1) is 4.08 Å². The predicted molar refractivity (Wildman–Crippen MR) is 141 cm³/mol. The van der Waals surface area contributed by atoms with Crippen molar-refractivity contribution in [3.05, 3.63) is 0 Å². The quantitative estimate of drug-likeness (QED) is 0.399. The molecule has 31 heavy (non-hydrogen) atoms. The predicted octanol–water partition coefficient (Wildman–Crippen LogP) is 9.28. The zero-order valence-electron chi connectivity index (χ0n) is 21.3. The van der Waals surface area contributed by atoms with Crippen LogP contribution in [0.3, 0.4) is 0 Å². The van der Waals surface area contributed by atoms with Crippen molar-refractivity contribution in [2.24, 2.45) is 52.3 Å². The van der Waals surface area contributed by atoms with Gasteiger partial charge in [0, 0.05) is 11.5 Å². The Kier molecular flexibility index (Phi) is 6.60. The van der Waals surface area contributed by atoms with E-state index in [0.717, 1.165) is 41.4 Å². The summed E-state index contributed by atoms with van der Waals surface area (Å²) in [5, 5.41) is 0. The SMILES string of the molecule is CC(C)CCCC(C)C1CCC2C3CCC4CC5(CCC4(C)C3CCC12C)SCCS5. The molecule has 0 aromatic rings. The minimum atomic E-state index is 0.629. The lowest BCUT2D eigenvalue weighted by Crippen LogP contribution is -2.55. The Morgan fingerprint density at radius 3 is 2.26 bits per heavy atom. The first-order valence-electron chi connectivity index (χ1n) is 14.1. The smallest absolute Gasteiger partial charge is 0.0614 e. The maximum Gasteiger partial charge on any atom is 0.0614 e. The van der Waals surface area contributed by atoms with Crippen LogP contribution in [0.25, 0.3) is 0 Å². The lowest BCUT2D eigenvalue weighted by atomic mass is 9.44. The fourth-order valence-corrected chi connectivity index (χ4v) is 13.4. The van der Waals surface area contributed by atoms with E-state index in [0.29, 0.717) is 14.9 Å². The summed E-state index contributed by atoms with van der Waals surface area (Å²) in [4.78, 5) is 0. The average molecular weight is 463 g/mol. The summed E-state index contributed by atoms with van der Waals surface area (Å²) in [6.45, 7) is 13.0. The molecule has 8 unspecified atom stereocenters. The van der Waals surface area contributed by atoms with Crippen LogP contribution in [-0.4, -0.2) is 15.6 Å². The van der Waals surface area contributed by atoms with Gasteiger partial charge in [0.1, 0.15) is 0 Å². The van der Waals surface area contributed by atoms with Gasteiger partial charge in [-0.2, -0.15) is 0 Å². The van der Waals surface area contributed by atoms with E-state index in [1.807, 2.05) is 0 Å². The van der Waals surface area contributed by atoms with Crippen LogP contribution in [0.2, 0.25) is 0 Å². The van der Waals surface area contributed by atoms with Crippen molar-refractivity contribution in [3.63, 3.8) is 0 Å². The summed E-state index contributed by atoms with van der Waals surface area (Å²) < 4.78 is 0.629. The molecule has 8 atom stereocenters. The fourth-order valence-electron chi connectivity index (χ4n) is 9.98. The van der Waals surface area contributed by atoms with Crippen LogP contribution >= 0.6 is 23.5 Å². The van der Waals surface area contributed by atoms with Gasteiger partial charge in [0.25, 0.3) is 0 Å². The van der Waals surface area contributed by atoms with E-state index in [1.54, 1.807) is 44.9 Å². The second kappa shape index (κ2) is 8.73. The lowest BCUT2D eigenvalue weighted by molar-refractivity contribution is -0.114. The van der Waals surface area contributed by atoms with Crippen molar-refractivity contribution in [1.82, 2.24) is 0 Å². The summed E-state index contributed by atoms with van der Waals surface area (Å²) in [7, 11) is 0. The lowest BCUT2D eigenvalue weighted by Gasteiger charge is -2.62. The van der Waals surface area contributed by atoms with E-state index in [2.05, 4.69) is 58.1 Å². The van der Waals surface area contributed by atoms with E-state index < -0.39 is 0 Å². The molecule has 1 spiro atoms. The first-order valence-corrected chi connectivity index (χ1v) is 16.0. The second-order valence-electron chi connectivity index (χ2n) is 13.5. The number of rotatable bonds is 5. The minimum Gasteiger partial charge on any atom is -0.143 e. The van der Waals surface area contributed by atoms with Crippen LogP contribution in [0.15, 0.2) is 0 Å². The van der Waals surface area contributed by atoms with Gasteiger partial charge in [-0.1, -0.05) is 53.9 Å². The van der Waals surface area contributed by atoms with Gasteiger partial charge in [0.15, 0.2) is 0 Å². The zero-order valence-corrected chi connectivity index (χ0v) is 22.9. The third kappa shape index (κ3) is 3.98. The zero-order chi connectivity index (χ0) is 21.9. The molecule has 0 nitrogen and oxygen atoms in total. The summed E-state index contributed by atoms with van der Waals surface area (Å²) in [5.74, 6) is 9.85. The van der Waals surface area contributed by atoms with E-state index in [9.17, 15) is 0 Å². The third-order valence-corrected chi connectivity index (χ3v) is 15.3. The maximum absolute atomic E-state index is 2.77. The van der Waals surface area contributed by atoms with Crippen LogP contribution in [0.4, 0.5) is 0 Å². The van der Waals surface area contributed by atoms with Crippen molar-refractivity contribution in [2.75, 3.05) is 11.5 Å². The van der Waals surface area contributed by atoms with Gasteiger partial charge in [-0.15, -0.1) is 23.5 Å². The highest BCUT2D eigenvalue weighted by molar-refractivity contribution is 8.21. The van der Waals surface area contributed by atoms with E-state index in [1.165, 1.54) is 43.6 Å². The molecule has 0 amide bonds. The molecule has 178 valence electrons. The van der Waals surface area contributed by atoms with Crippen LogP contribution in [0.5, 0.6) is 0 Å². The molecule has 5 rings (SSSR count). The van der Waals surface area contributed by atoms with Gasteiger partial charge in [-0.3, -0.25) is 0 Å². The molecule has 1 saturated heterocycles. The van der Waals surface area contributed by atoms with Crippen molar-refractivity contribution in [1.29, 1.82) is 0 Å². The van der Waals surface area contributed by atoms with Crippen molar-refractivity contribution in [2.45, 2.75) is 116 Å². The first kappa shape index (κ1) is 23.4. The number of fused-ring (bicyclic) bond motifs is 5. The van der Waals surface area contributed by atoms with Crippen LogP contribution in [0.1, 0.15) is 112 Å². The molecular weight excluding hydrogens is 412 g/mol. The van der Waals surface area contributed by atoms with Crippen molar-refractivity contribution in [3.8, 4) is 0 Å². The molecule has 1 aliphatic heterocycles. The molecule has 0 aromatic carbocycles. The highest BCUT2D eigenvalue weighted by atomic mass is 32.2. The van der Waals surface area contributed by atoms with E-state index in [-0.39, 0.29) is 0 Å².